The SMILES string of the molecule is C=CCn1ncc(NCCCN(C)C(C)C)c(Br)c1=O. The third-order valence-corrected chi connectivity index (χ3v) is 3.94. The predicted octanol–water partition coefficient (Wildman–Crippen LogP) is 2.33. The molecule has 5 nitrogen and oxygen atoms in total. The van der Waals surface area contributed by atoms with Crippen LogP contribution >= 0.6 is 15.9 Å². The van der Waals surface area contributed by atoms with Crippen molar-refractivity contribution in [3.05, 3.63) is 33.7 Å². The van der Waals surface area contributed by atoms with Crippen molar-refractivity contribution in [1.82, 2.24) is 14.7 Å². The smallest absolute Gasteiger partial charge is 0.283 e. The van der Waals surface area contributed by atoms with E-state index in [1.807, 2.05) is 0 Å². The molecule has 0 saturated carbocycles. The molecule has 0 unspecified atom stereocenters. The van der Waals surface area contributed by atoms with E-state index in [0.717, 1.165) is 25.2 Å². The van der Waals surface area contributed by atoms with Crippen LogP contribution in [-0.2, 0) is 6.54 Å². The molecule has 0 aliphatic rings. The number of halogens is 1. The molecule has 1 aromatic rings. The molecular formula is C14H23BrN4O. The second-order valence-corrected chi connectivity index (χ2v) is 5.80. The van der Waals surface area contributed by atoms with Crippen LogP contribution in [0.15, 0.2) is 28.1 Å². The molecule has 0 bridgehead atoms. The predicted molar refractivity (Wildman–Crippen MR) is 87.3 cm³/mol. The standard InChI is InChI=1S/C14H23BrN4O/c1-5-8-19-14(20)13(15)12(10-17-19)16-7-6-9-18(4)11(2)3/h5,10-11,16H,1,6-9H2,2-4H3. The quantitative estimate of drug-likeness (QED) is 0.581. The van der Waals surface area contributed by atoms with Gasteiger partial charge in [0.2, 0.25) is 0 Å². The monoisotopic (exact) mass is 342 g/mol. The Balaban J connectivity index is 2.55. The number of hydrogen-bond acceptors (Lipinski definition) is 4. The van der Waals surface area contributed by atoms with Gasteiger partial charge in [-0.2, -0.15) is 5.10 Å². The van der Waals surface area contributed by atoms with Gasteiger partial charge < -0.3 is 10.2 Å². The number of anilines is 1. The van der Waals surface area contributed by atoms with Crippen LogP contribution in [0.2, 0.25) is 0 Å². The normalized spacial score (nSPS) is 11.1. The van der Waals surface area contributed by atoms with Crippen LogP contribution in [0, 0.1) is 0 Å². The first kappa shape index (κ1) is 16.9. The van der Waals surface area contributed by atoms with Gasteiger partial charge >= 0.3 is 0 Å². The summed E-state index contributed by atoms with van der Waals surface area (Å²) in [5, 5.41) is 7.34. The Morgan fingerprint density at radius 3 is 2.90 bits per heavy atom. The lowest BCUT2D eigenvalue weighted by atomic mass is 10.3. The van der Waals surface area contributed by atoms with E-state index in [0.29, 0.717) is 17.1 Å². The van der Waals surface area contributed by atoms with E-state index in [1.165, 1.54) is 4.68 Å². The molecule has 112 valence electrons. The van der Waals surface area contributed by atoms with Crippen molar-refractivity contribution in [3.8, 4) is 0 Å². The zero-order chi connectivity index (χ0) is 15.1. The summed E-state index contributed by atoms with van der Waals surface area (Å²) < 4.78 is 1.89. The largest absolute Gasteiger partial charge is 0.383 e. The first-order valence-corrected chi connectivity index (χ1v) is 7.57. The molecule has 0 fully saturated rings. The van der Waals surface area contributed by atoms with Gasteiger partial charge in [-0.1, -0.05) is 6.08 Å². The fourth-order valence-electron chi connectivity index (χ4n) is 1.65. The Morgan fingerprint density at radius 1 is 1.60 bits per heavy atom. The highest BCUT2D eigenvalue weighted by Gasteiger charge is 2.08. The molecular weight excluding hydrogens is 320 g/mol. The van der Waals surface area contributed by atoms with Crippen molar-refractivity contribution in [2.45, 2.75) is 32.9 Å². The number of rotatable bonds is 8. The molecule has 1 heterocycles. The van der Waals surface area contributed by atoms with Gasteiger partial charge in [0.05, 0.1) is 18.4 Å². The van der Waals surface area contributed by atoms with Crippen LogP contribution in [0.25, 0.3) is 0 Å². The number of allylic oxidation sites excluding steroid dienone is 1. The third-order valence-electron chi connectivity index (χ3n) is 3.17. The van der Waals surface area contributed by atoms with Gasteiger partial charge in [-0.3, -0.25) is 4.79 Å². The highest BCUT2D eigenvalue weighted by atomic mass is 79.9. The van der Waals surface area contributed by atoms with Crippen molar-refractivity contribution in [2.24, 2.45) is 0 Å². The van der Waals surface area contributed by atoms with E-state index in [-0.39, 0.29) is 5.56 Å². The van der Waals surface area contributed by atoms with Gasteiger partial charge in [-0.15, -0.1) is 6.58 Å². The Hall–Kier alpha value is -1.14. The number of nitrogens with one attached hydrogen (secondary N) is 1. The molecule has 20 heavy (non-hydrogen) atoms. The second-order valence-electron chi connectivity index (χ2n) is 5.00. The Kier molecular flexibility index (Phi) is 6.95. The van der Waals surface area contributed by atoms with E-state index in [9.17, 15) is 4.79 Å². The molecule has 0 aromatic carbocycles. The summed E-state index contributed by atoms with van der Waals surface area (Å²) >= 11 is 3.32. The van der Waals surface area contributed by atoms with Crippen LogP contribution in [0.1, 0.15) is 20.3 Å². The van der Waals surface area contributed by atoms with Crippen LogP contribution in [-0.4, -0.2) is 40.9 Å². The second kappa shape index (κ2) is 8.21. The minimum absolute atomic E-state index is 0.144. The Bertz CT molecular complexity index is 498. The van der Waals surface area contributed by atoms with E-state index >= 15 is 0 Å². The molecule has 1 rings (SSSR count). The van der Waals surface area contributed by atoms with Crippen molar-refractivity contribution in [3.63, 3.8) is 0 Å². The molecule has 0 aliphatic heterocycles. The topological polar surface area (TPSA) is 50.2 Å². The summed E-state index contributed by atoms with van der Waals surface area (Å²) in [6, 6.07) is 0.547. The van der Waals surface area contributed by atoms with E-state index in [4.69, 9.17) is 0 Å². The van der Waals surface area contributed by atoms with Gasteiger partial charge in [0.1, 0.15) is 4.47 Å². The first-order chi connectivity index (χ1) is 9.47. The molecule has 0 saturated heterocycles. The molecule has 1 aromatic heterocycles. The van der Waals surface area contributed by atoms with Gasteiger partial charge in [-0.05, 0) is 49.8 Å². The summed E-state index contributed by atoms with van der Waals surface area (Å²) in [5.74, 6) is 0. The van der Waals surface area contributed by atoms with Crippen molar-refractivity contribution in [2.75, 3.05) is 25.5 Å². The summed E-state index contributed by atoms with van der Waals surface area (Å²) in [6.07, 6.45) is 4.33. The lowest BCUT2D eigenvalue weighted by molar-refractivity contribution is 0.273. The highest BCUT2D eigenvalue weighted by Crippen LogP contribution is 2.15. The lowest BCUT2D eigenvalue weighted by Crippen LogP contribution is -2.28. The zero-order valence-corrected chi connectivity index (χ0v) is 14.0. The van der Waals surface area contributed by atoms with Crippen molar-refractivity contribution >= 4 is 21.6 Å². The van der Waals surface area contributed by atoms with E-state index < -0.39 is 0 Å². The molecule has 6 heteroatoms. The average Bonchev–Trinajstić information content (AvgIpc) is 2.41. The molecule has 0 radical (unpaired) electrons. The van der Waals surface area contributed by atoms with Gasteiger partial charge in [0.25, 0.3) is 5.56 Å². The maximum absolute atomic E-state index is 12.0. The Morgan fingerprint density at radius 2 is 2.30 bits per heavy atom. The Labute approximate surface area is 128 Å². The highest BCUT2D eigenvalue weighted by molar-refractivity contribution is 9.10. The first-order valence-electron chi connectivity index (χ1n) is 6.78. The molecule has 0 amide bonds. The maximum Gasteiger partial charge on any atom is 0.283 e. The number of aromatic nitrogens is 2. The molecule has 0 atom stereocenters. The van der Waals surface area contributed by atoms with Crippen LogP contribution in [0.4, 0.5) is 5.69 Å². The van der Waals surface area contributed by atoms with Crippen molar-refractivity contribution < 1.29 is 0 Å². The maximum atomic E-state index is 12.0. The van der Waals surface area contributed by atoms with Gasteiger partial charge in [-0.25, -0.2) is 4.68 Å². The molecule has 1 N–H and O–H groups in total. The summed E-state index contributed by atoms with van der Waals surface area (Å²) in [4.78, 5) is 14.3. The zero-order valence-electron chi connectivity index (χ0n) is 12.4. The fraction of sp³-hybridized carbons (Fsp3) is 0.571. The van der Waals surface area contributed by atoms with Crippen molar-refractivity contribution in [1.29, 1.82) is 0 Å². The summed E-state index contributed by atoms with van der Waals surface area (Å²) in [5.41, 5.74) is 0.594. The van der Waals surface area contributed by atoms with E-state index in [1.54, 1.807) is 12.3 Å². The van der Waals surface area contributed by atoms with Crippen LogP contribution < -0.4 is 10.9 Å². The fourth-order valence-corrected chi connectivity index (χ4v) is 2.10. The van der Waals surface area contributed by atoms with Gasteiger partial charge in [0.15, 0.2) is 0 Å². The third kappa shape index (κ3) is 4.76. The lowest BCUT2D eigenvalue weighted by Gasteiger charge is -2.20. The average molecular weight is 343 g/mol. The van der Waals surface area contributed by atoms with Crippen LogP contribution in [0.5, 0.6) is 0 Å². The van der Waals surface area contributed by atoms with E-state index in [2.05, 4.69) is 58.7 Å². The molecule has 0 aliphatic carbocycles. The number of nitrogens with zero attached hydrogens (tertiary/aromatic N) is 3. The van der Waals surface area contributed by atoms with Crippen LogP contribution in [0.3, 0.4) is 0 Å². The summed E-state index contributed by atoms with van der Waals surface area (Å²) in [6.45, 7) is 10.2. The minimum Gasteiger partial charge on any atom is -0.383 e. The van der Waals surface area contributed by atoms with Gasteiger partial charge in [0, 0.05) is 12.6 Å². The summed E-state index contributed by atoms with van der Waals surface area (Å²) in [7, 11) is 2.11. The molecule has 0 spiro atoms. The minimum atomic E-state index is -0.144. The number of hydrogen-bond donors (Lipinski definition) is 1.